The number of carbonyl (C=O) groups is 1. The zero-order valence-corrected chi connectivity index (χ0v) is 14.1. The van der Waals surface area contributed by atoms with Crippen LogP contribution in [0.4, 0.5) is 10.5 Å². The van der Waals surface area contributed by atoms with Gasteiger partial charge in [0.15, 0.2) is 0 Å². The Balaban J connectivity index is 1.61. The van der Waals surface area contributed by atoms with E-state index in [4.69, 9.17) is 5.26 Å². The fraction of sp³-hybridized carbons (Fsp3) is 0.368. The van der Waals surface area contributed by atoms with E-state index in [0.717, 1.165) is 44.3 Å². The van der Waals surface area contributed by atoms with Gasteiger partial charge in [-0.15, -0.1) is 0 Å². The minimum atomic E-state index is -0.0998. The molecule has 1 N–H and O–H groups in total. The van der Waals surface area contributed by atoms with Gasteiger partial charge in [0.2, 0.25) is 0 Å². The normalized spacial score (nSPS) is 16.9. The average Bonchev–Trinajstić information content (AvgIpc) is 2.68. The van der Waals surface area contributed by atoms with Crippen molar-refractivity contribution in [3.8, 4) is 6.07 Å². The first-order chi connectivity index (χ1) is 12.3. The minimum absolute atomic E-state index is 0.0998. The summed E-state index contributed by atoms with van der Waals surface area (Å²) in [6.45, 7) is 0.766. The van der Waals surface area contributed by atoms with Crippen molar-refractivity contribution < 1.29 is 4.79 Å². The summed E-state index contributed by atoms with van der Waals surface area (Å²) in [6, 6.07) is 11.3. The molecular weight excluding hydrogens is 314 g/mol. The molecule has 6 heteroatoms. The van der Waals surface area contributed by atoms with Crippen molar-refractivity contribution in [3.05, 3.63) is 54.1 Å². The number of likely N-dealkylation sites (tertiary alicyclic amines) is 1. The third kappa shape index (κ3) is 4.54. The van der Waals surface area contributed by atoms with Crippen LogP contribution in [0.25, 0.3) is 0 Å². The summed E-state index contributed by atoms with van der Waals surface area (Å²) in [5.41, 5.74) is 2.01. The van der Waals surface area contributed by atoms with Crippen molar-refractivity contribution >= 4 is 11.7 Å². The number of amides is 2. The van der Waals surface area contributed by atoms with E-state index in [1.165, 1.54) is 6.20 Å². The number of piperidine rings is 1. The van der Waals surface area contributed by atoms with Crippen molar-refractivity contribution in [2.45, 2.75) is 38.1 Å². The average molecular weight is 335 g/mol. The lowest BCUT2D eigenvalue weighted by Crippen LogP contribution is -2.46. The number of hydrogen-bond donors (Lipinski definition) is 1. The summed E-state index contributed by atoms with van der Waals surface area (Å²) < 4.78 is 0. The maximum absolute atomic E-state index is 12.7. The largest absolute Gasteiger partial charge is 0.322 e. The highest BCUT2D eigenvalue weighted by Crippen LogP contribution is 2.22. The Morgan fingerprint density at radius 2 is 2.20 bits per heavy atom. The Bertz CT molecular complexity index is 739. The van der Waals surface area contributed by atoms with Gasteiger partial charge in [0, 0.05) is 24.5 Å². The quantitative estimate of drug-likeness (QED) is 0.929. The number of nitrogens with zero attached hydrogens (tertiary/aromatic N) is 4. The second-order valence-corrected chi connectivity index (χ2v) is 6.18. The van der Waals surface area contributed by atoms with Gasteiger partial charge in [-0.3, -0.25) is 4.98 Å². The summed E-state index contributed by atoms with van der Waals surface area (Å²) in [7, 11) is 0. The Hall–Kier alpha value is -2.94. The molecule has 1 fully saturated rings. The van der Waals surface area contributed by atoms with Crippen molar-refractivity contribution in [2.24, 2.45) is 0 Å². The molecule has 2 aromatic heterocycles. The monoisotopic (exact) mass is 335 g/mol. The van der Waals surface area contributed by atoms with E-state index in [9.17, 15) is 4.79 Å². The zero-order chi connectivity index (χ0) is 17.5. The van der Waals surface area contributed by atoms with Gasteiger partial charge in [0.25, 0.3) is 0 Å². The first kappa shape index (κ1) is 16.9. The number of anilines is 1. The van der Waals surface area contributed by atoms with Crippen molar-refractivity contribution in [3.63, 3.8) is 0 Å². The fourth-order valence-corrected chi connectivity index (χ4v) is 3.16. The third-order valence-electron chi connectivity index (χ3n) is 4.48. The van der Waals surface area contributed by atoms with Crippen molar-refractivity contribution in [1.82, 2.24) is 14.9 Å². The number of aryl methyl sites for hydroxylation is 1. The maximum Gasteiger partial charge on any atom is 0.322 e. The standard InChI is InChI=1S/C19H21N5O/c20-13-16-7-8-17(14-22-16)23-19(25)24-12-4-2-6-18(24)10-9-15-5-1-3-11-21-15/h1,3,5,7-8,11,14,18H,2,4,6,9-10,12H2,(H,23,25). The Morgan fingerprint density at radius 1 is 1.28 bits per heavy atom. The Morgan fingerprint density at radius 3 is 2.92 bits per heavy atom. The number of nitrogens with one attached hydrogen (secondary N) is 1. The first-order valence-electron chi connectivity index (χ1n) is 8.60. The van der Waals surface area contributed by atoms with Gasteiger partial charge >= 0.3 is 6.03 Å². The number of rotatable bonds is 4. The molecule has 1 unspecified atom stereocenters. The van der Waals surface area contributed by atoms with Crippen LogP contribution in [0, 0.1) is 11.3 Å². The molecule has 0 saturated carbocycles. The molecule has 1 saturated heterocycles. The smallest absolute Gasteiger partial charge is 0.322 e. The van der Waals surface area contributed by atoms with Crippen LogP contribution < -0.4 is 5.32 Å². The first-order valence-corrected chi connectivity index (χ1v) is 8.60. The molecule has 1 atom stereocenters. The molecule has 128 valence electrons. The van der Waals surface area contributed by atoms with E-state index in [-0.39, 0.29) is 12.1 Å². The van der Waals surface area contributed by atoms with Crippen LogP contribution in [0.1, 0.15) is 37.1 Å². The number of aromatic nitrogens is 2. The second kappa shape index (κ2) is 8.25. The molecule has 0 bridgehead atoms. The summed E-state index contributed by atoms with van der Waals surface area (Å²) in [5, 5.41) is 11.7. The van der Waals surface area contributed by atoms with Crippen LogP contribution in [0.15, 0.2) is 42.7 Å². The summed E-state index contributed by atoms with van der Waals surface area (Å²) in [4.78, 5) is 22.9. The molecule has 25 heavy (non-hydrogen) atoms. The lowest BCUT2D eigenvalue weighted by Gasteiger charge is -2.35. The number of hydrogen-bond acceptors (Lipinski definition) is 4. The third-order valence-corrected chi connectivity index (χ3v) is 4.48. The molecule has 3 heterocycles. The van der Waals surface area contributed by atoms with Gasteiger partial charge in [-0.05, 0) is 56.4 Å². The number of urea groups is 1. The Kier molecular flexibility index (Phi) is 5.57. The molecule has 0 spiro atoms. The van der Waals surface area contributed by atoms with Crippen molar-refractivity contribution in [1.29, 1.82) is 5.26 Å². The molecular formula is C19H21N5O. The molecule has 1 aliphatic heterocycles. The van der Waals surface area contributed by atoms with Gasteiger partial charge in [-0.25, -0.2) is 9.78 Å². The fourth-order valence-electron chi connectivity index (χ4n) is 3.16. The van der Waals surface area contributed by atoms with Crippen LogP contribution in [0.2, 0.25) is 0 Å². The van der Waals surface area contributed by atoms with E-state index in [1.807, 2.05) is 29.2 Å². The van der Waals surface area contributed by atoms with Crippen LogP contribution in [0.5, 0.6) is 0 Å². The van der Waals surface area contributed by atoms with E-state index < -0.39 is 0 Å². The number of pyridine rings is 2. The molecule has 3 rings (SSSR count). The molecule has 0 aliphatic carbocycles. The molecule has 2 aromatic rings. The highest BCUT2D eigenvalue weighted by atomic mass is 16.2. The SMILES string of the molecule is N#Cc1ccc(NC(=O)N2CCCCC2CCc2ccccn2)cn1. The highest BCUT2D eigenvalue weighted by molar-refractivity contribution is 5.89. The van der Waals surface area contributed by atoms with E-state index in [1.54, 1.807) is 18.3 Å². The Labute approximate surface area is 147 Å². The predicted octanol–water partition coefficient (Wildman–Crippen LogP) is 3.37. The van der Waals surface area contributed by atoms with Gasteiger partial charge in [-0.1, -0.05) is 6.07 Å². The minimum Gasteiger partial charge on any atom is -0.322 e. The lowest BCUT2D eigenvalue weighted by atomic mass is 9.97. The zero-order valence-electron chi connectivity index (χ0n) is 14.1. The molecule has 0 radical (unpaired) electrons. The lowest BCUT2D eigenvalue weighted by molar-refractivity contribution is 0.158. The van der Waals surface area contributed by atoms with E-state index in [2.05, 4.69) is 15.3 Å². The summed E-state index contributed by atoms with van der Waals surface area (Å²) in [5.74, 6) is 0. The van der Waals surface area contributed by atoms with Crippen LogP contribution in [-0.4, -0.2) is 33.5 Å². The van der Waals surface area contributed by atoms with Crippen LogP contribution >= 0.6 is 0 Å². The molecule has 0 aromatic carbocycles. The van der Waals surface area contributed by atoms with Crippen LogP contribution in [0.3, 0.4) is 0 Å². The van der Waals surface area contributed by atoms with Gasteiger partial charge < -0.3 is 10.2 Å². The number of carbonyl (C=O) groups excluding carboxylic acids is 1. The van der Waals surface area contributed by atoms with E-state index >= 15 is 0 Å². The topological polar surface area (TPSA) is 81.9 Å². The highest BCUT2D eigenvalue weighted by Gasteiger charge is 2.26. The molecule has 6 nitrogen and oxygen atoms in total. The number of nitriles is 1. The second-order valence-electron chi connectivity index (χ2n) is 6.18. The van der Waals surface area contributed by atoms with Gasteiger partial charge in [0.1, 0.15) is 11.8 Å². The molecule has 2 amide bonds. The summed E-state index contributed by atoms with van der Waals surface area (Å²) in [6.07, 6.45) is 8.30. The molecule has 1 aliphatic rings. The summed E-state index contributed by atoms with van der Waals surface area (Å²) >= 11 is 0. The maximum atomic E-state index is 12.7. The van der Waals surface area contributed by atoms with Gasteiger partial charge in [-0.2, -0.15) is 5.26 Å². The van der Waals surface area contributed by atoms with Crippen LogP contribution in [-0.2, 0) is 6.42 Å². The van der Waals surface area contributed by atoms with E-state index in [0.29, 0.717) is 11.4 Å². The van der Waals surface area contributed by atoms with Crippen molar-refractivity contribution in [2.75, 3.05) is 11.9 Å². The predicted molar refractivity (Wildman–Crippen MR) is 94.9 cm³/mol. The van der Waals surface area contributed by atoms with Gasteiger partial charge in [0.05, 0.1) is 11.9 Å².